The zero-order valence-corrected chi connectivity index (χ0v) is 12.3. The fraction of sp³-hybridized carbons (Fsp3) is 0.333. The molecule has 3 rings (SSSR count). The first kappa shape index (κ1) is 13.4. The molecule has 0 saturated carbocycles. The summed E-state index contributed by atoms with van der Waals surface area (Å²) < 4.78 is 28.7. The molecule has 1 aromatic heterocycles. The number of fused-ring (bicyclic) bond motifs is 1. The number of aryl methyl sites for hydroxylation is 1. The summed E-state index contributed by atoms with van der Waals surface area (Å²) in [5.41, 5.74) is 3.04. The largest absolute Gasteiger partial charge is 0.349 e. The second kappa shape index (κ2) is 5.07. The van der Waals surface area contributed by atoms with Crippen molar-refractivity contribution in [2.75, 3.05) is 6.54 Å². The van der Waals surface area contributed by atoms with Gasteiger partial charge in [-0.2, -0.15) is 4.31 Å². The van der Waals surface area contributed by atoms with Gasteiger partial charge in [-0.3, -0.25) is 0 Å². The van der Waals surface area contributed by atoms with E-state index in [-0.39, 0.29) is 5.75 Å². The highest BCUT2D eigenvalue weighted by molar-refractivity contribution is 7.88. The van der Waals surface area contributed by atoms with Crippen LogP contribution < -0.4 is 0 Å². The molecule has 0 spiro atoms. The van der Waals surface area contributed by atoms with Crippen LogP contribution in [0.4, 0.5) is 0 Å². The van der Waals surface area contributed by atoms with Crippen LogP contribution in [0.1, 0.15) is 16.8 Å². The van der Waals surface area contributed by atoms with Crippen molar-refractivity contribution in [1.82, 2.24) is 8.87 Å². The van der Waals surface area contributed by atoms with Gasteiger partial charge in [-0.25, -0.2) is 8.42 Å². The van der Waals surface area contributed by atoms with E-state index >= 15 is 0 Å². The number of hydrogen-bond donors (Lipinski definition) is 0. The minimum absolute atomic E-state index is 0.0774. The lowest BCUT2D eigenvalue weighted by molar-refractivity contribution is 0.341. The maximum absolute atomic E-state index is 12.5. The summed E-state index contributed by atoms with van der Waals surface area (Å²) in [4.78, 5) is 0. The maximum atomic E-state index is 12.5. The third-order valence-electron chi connectivity index (χ3n) is 3.72. The third kappa shape index (κ3) is 2.64. The minimum atomic E-state index is -3.25. The molecule has 0 bridgehead atoms. The van der Waals surface area contributed by atoms with Gasteiger partial charge in [0.2, 0.25) is 10.0 Å². The Balaban J connectivity index is 1.77. The first-order chi connectivity index (χ1) is 9.54. The third-order valence-corrected chi connectivity index (χ3v) is 5.51. The van der Waals surface area contributed by atoms with Crippen molar-refractivity contribution in [3.8, 4) is 0 Å². The van der Waals surface area contributed by atoms with E-state index < -0.39 is 10.0 Å². The first-order valence-electron chi connectivity index (χ1n) is 6.72. The molecular formula is C15H18N2O2S. The number of aromatic nitrogens is 1. The van der Waals surface area contributed by atoms with Crippen molar-refractivity contribution < 1.29 is 8.42 Å². The second-order valence-electron chi connectivity index (χ2n) is 5.27. The average Bonchev–Trinajstić information content (AvgIpc) is 2.88. The Kier molecular flexibility index (Phi) is 3.40. The lowest BCUT2D eigenvalue weighted by Gasteiger charge is -2.28. The molecule has 0 radical (unpaired) electrons. The van der Waals surface area contributed by atoms with Gasteiger partial charge in [0.15, 0.2) is 0 Å². The van der Waals surface area contributed by atoms with Crippen molar-refractivity contribution in [2.45, 2.75) is 25.8 Å². The summed E-state index contributed by atoms with van der Waals surface area (Å²) in [6, 6.07) is 11.6. The summed E-state index contributed by atoms with van der Waals surface area (Å²) in [6.45, 7) is 3.75. The lowest BCUT2D eigenvalue weighted by atomic mass is 10.2. The smallest absolute Gasteiger partial charge is 0.218 e. The van der Waals surface area contributed by atoms with Gasteiger partial charge in [-0.15, -0.1) is 0 Å². The van der Waals surface area contributed by atoms with E-state index in [1.165, 1.54) is 0 Å². The molecule has 4 nitrogen and oxygen atoms in total. The van der Waals surface area contributed by atoms with Crippen molar-refractivity contribution in [3.05, 3.63) is 59.4 Å². The topological polar surface area (TPSA) is 42.3 Å². The molecule has 1 aromatic carbocycles. The lowest BCUT2D eigenvalue weighted by Crippen LogP contribution is -2.38. The zero-order valence-electron chi connectivity index (χ0n) is 11.5. The molecule has 1 aliphatic rings. The zero-order chi connectivity index (χ0) is 14.2. The van der Waals surface area contributed by atoms with Crippen molar-refractivity contribution in [2.24, 2.45) is 0 Å². The van der Waals surface area contributed by atoms with Crippen LogP contribution >= 0.6 is 0 Å². The highest BCUT2D eigenvalue weighted by Gasteiger charge is 2.26. The van der Waals surface area contributed by atoms with Crippen LogP contribution in [0.5, 0.6) is 0 Å². The molecule has 0 unspecified atom stereocenters. The molecule has 0 atom stereocenters. The Morgan fingerprint density at radius 3 is 2.60 bits per heavy atom. The summed E-state index contributed by atoms with van der Waals surface area (Å²) in [7, 11) is -3.25. The van der Waals surface area contributed by atoms with Crippen LogP contribution in [0.25, 0.3) is 0 Å². The van der Waals surface area contributed by atoms with Gasteiger partial charge < -0.3 is 4.57 Å². The Morgan fingerprint density at radius 1 is 1.10 bits per heavy atom. The monoisotopic (exact) mass is 290 g/mol. The molecule has 0 saturated heterocycles. The van der Waals surface area contributed by atoms with Crippen molar-refractivity contribution in [1.29, 1.82) is 0 Å². The van der Waals surface area contributed by atoms with Crippen molar-refractivity contribution >= 4 is 10.0 Å². The van der Waals surface area contributed by atoms with Crippen LogP contribution in [-0.4, -0.2) is 23.8 Å². The van der Waals surface area contributed by atoms with E-state index in [2.05, 4.69) is 4.57 Å². The molecule has 5 heteroatoms. The number of nitrogens with zero attached hydrogens (tertiary/aromatic N) is 2. The quantitative estimate of drug-likeness (QED) is 0.869. The summed E-state index contributed by atoms with van der Waals surface area (Å²) in [5.74, 6) is 0.0774. The van der Waals surface area contributed by atoms with Gasteiger partial charge in [-0.05, 0) is 24.6 Å². The SMILES string of the molecule is Cc1ccc(CS(=O)(=O)N2CCn3cccc3C2)cc1. The van der Waals surface area contributed by atoms with Gasteiger partial charge in [0.25, 0.3) is 0 Å². The van der Waals surface area contributed by atoms with Crippen LogP contribution in [0.15, 0.2) is 42.6 Å². The van der Waals surface area contributed by atoms with Crippen LogP contribution in [-0.2, 0) is 28.9 Å². The van der Waals surface area contributed by atoms with E-state index in [1.807, 2.05) is 49.5 Å². The molecule has 0 aliphatic carbocycles. The first-order valence-corrected chi connectivity index (χ1v) is 8.33. The van der Waals surface area contributed by atoms with E-state index in [0.717, 1.165) is 23.4 Å². The molecule has 2 heterocycles. The normalized spacial score (nSPS) is 16.1. The van der Waals surface area contributed by atoms with Crippen LogP contribution in [0, 0.1) is 6.92 Å². The Morgan fingerprint density at radius 2 is 1.85 bits per heavy atom. The Bertz CT molecular complexity index is 702. The van der Waals surface area contributed by atoms with E-state index in [0.29, 0.717) is 13.1 Å². The number of sulfonamides is 1. The molecular weight excluding hydrogens is 272 g/mol. The maximum Gasteiger partial charge on any atom is 0.218 e. The number of hydrogen-bond acceptors (Lipinski definition) is 2. The fourth-order valence-corrected chi connectivity index (χ4v) is 4.00. The Labute approximate surface area is 119 Å². The second-order valence-corrected chi connectivity index (χ2v) is 7.24. The molecule has 106 valence electrons. The molecule has 2 aromatic rings. The highest BCUT2D eigenvalue weighted by Crippen LogP contribution is 2.19. The number of benzene rings is 1. The van der Waals surface area contributed by atoms with Gasteiger partial charge in [0.05, 0.1) is 12.3 Å². The Hall–Kier alpha value is -1.59. The molecule has 0 N–H and O–H groups in total. The molecule has 0 amide bonds. The van der Waals surface area contributed by atoms with Crippen LogP contribution in [0.2, 0.25) is 0 Å². The molecule has 20 heavy (non-hydrogen) atoms. The van der Waals surface area contributed by atoms with Gasteiger partial charge in [-0.1, -0.05) is 29.8 Å². The predicted octanol–water partition coefficient (Wildman–Crippen LogP) is 2.14. The summed E-state index contributed by atoms with van der Waals surface area (Å²) in [6.07, 6.45) is 2.00. The van der Waals surface area contributed by atoms with E-state index in [4.69, 9.17) is 0 Å². The van der Waals surface area contributed by atoms with Crippen molar-refractivity contribution in [3.63, 3.8) is 0 Å². The minimum Gasteiger partial charge on any atom is -0.349 e. The average molecular weight is 290 g/mol. The van der Waals surface area contributed by atoms with E-state index in [9.17, 15) is 8.42 Å². The number of rotatable bonds is 3. The summed E-state index contributed by atoms with van der Waals surface area (Å²) >= 11 is 0. The van der Waals surface area contributed by atoms with Gasteiger partial charge in [0.1, 0.15) is 0 Å². The fourth-order valence-electron chi connectivity index (χ4n) is 2.51. The molecule has 0 fully saturated rings. The predicted molar refractivity (Wildman–Crippen MR) is 78.6 cm³/mol. The highest BCUT2D eigenvalue weighted by atomic mass is 32.2. The van der Waals surface area contributed by atoms with Crippen LogP contribution in [0.3, 0.4) is 0 Å². The summed E-state index contributed by atoms with van der Waals surface area (Å²) in [5, 5.41) is 0. The molecule has 1 aliphatic heterocycles. The van der Waals surface area contributed by atoms with Gasteiger partial charge >= 0.3 is 0 Å². The van der Waals surface area contributed by atoms with E-state index in [1.54, 1.807) is 4.31 Å². The standard InChI is InChI=1S/C15H18N2O2S/c1-13-4-6-14(7-5-13)12-20(18,19)17-10-9-16-8-2-3-15(16)11-17/h2-8H,9-12H2,1H3. The van der Waals surface area contributed by atoms with Gasteiger partial charge in [0, 0.05) is 25.0 Å².